The van der Waals surface area contributed by atoms with Gasteiger partial charge < -0.3 is 4.90 Å². The van der Waals surface area contributed by atoms with Crippen LogP contribution < -0.4 is 9.80 Å². The highest BCUT2D eigenvalue weighted by Gasteiger charge is 2.34. The lowest BCUT2D eigenvalue weighted by Gasteiger charge is -2.39. The highest BCUT2D eigenvalue weighted by atomic mass is 35.5. The Balaban J connectivity index is 2.56. The molecule has 1 aliphatic heterocycles. The SMILES string of the molecule is CCCC(C)N1C(=O)CN(C(=O)CCl)c2cc(C(C)=O)ccc21. The van der Waals surface area contributed by atoms with Crippen LogP contribution in [0.15, 0.2) is 18.2 Å². The molecule has 0 aliphatic carbocycles. The molecule has 124 valence electrons. The first-order valence-corrected chi connectivity index (χ1v) is 8.27. The molecule has 1 aliphatic rings. The van der Waals surface area contributed by atoms with E-state index in [2.05, 4.69) is 6.92 Å². The van der Waals surface area contributed by atoms with Gasteiger partial charge in [-0.3, -0.25) is 19.3 Å². The molecule has 23 heavy (non-hydrogen) atoms. The molecule has 0 fully saturated rings. The molecule has 0 N–H and O–H groups in total. The molecule has 1 heterocycles. The first-order chi connectivity index (χ1) is 10.9. The van der Waals surface area contributed by atoms with Gasteiger partial charge in [-0.05, 0) is 38.5 Å². The second-order valence-electron chi connectivity index (χ2n) is 5.77. The van der Waals surface area contributed by atoms with Crippen molar-refractivity contribution in [2.75, 3.05) is 22.2 Å². The molecule has 0 radical (unpaired) electrons. The third-order valence-corrected chi connectivity index (χ3v) is 4.29. The summed E-state index contributed by atoms with van der Waals surface area (Å²) < 4.78 is 0. The topological polar surface area (TPSA) is 57.7 Å². The lowest BCUT2D eigenvalue weighted by atomic mass is 10.0. The van der Waals surface area contributed by atoms with E-state index in [1.807, 2.05) is 6.92 Å². The number of carbonyl (C=O) groups excluding carboxylic acids is 3. The summed E-state index contributed by atoms with van der Waals surface area (Å²) in [7, 11) is 0. The Hall–Kier alpha value is -1.88. The normalized spacial score (nSPS) is 15.4. The van der Waals surface area contributed by atoms with Crippen molar-refractivity contribution in [1.29, 1.82) is 0 Å². The Morgan fingerprint density at radius 1 is 1.30 bits per heavy atom. The van der Waals surface area contributed by atoms with E-state index >= 15 is 0 Å². The van der Waals surface area contributed by atoms with Crippen LogP contribution in [0.5, 0.6) is 0 Å². The molecule has 0 aromatic heterocycles. The van der Waals surface area contributed by atoms with Crippen molar-refractivity contribution in [3.05, 3.63) is 23.8 Å². The van der Waals surface area contributed by atoms with Crippen LogP contribution in [0.1, 0.15) is 44.0 Å². The van der Waals surface area contributed by atoms with Crippen molar-refractivity contribution in [3.8, 4) is 0 Å². The van der Waals surface area contributed by atoms with Gasteiger partial charge in [-0.25, -0.2) is 0 Å². The van der Waals surface area contributed by atoms with Gasteiger partial charge in [0.05, 0.1) is 11.4 Å². The largest absolute Gasteiger partial charge is 0.306 e. The first-order valence-electron chi connectivity index (χ1n) is 7.74. The van der Waals surface area contributed by atoms with Crippen LogP contribution in [0.2, 0.25) is 0 Å². The van der Waals surface area contributed by atoms with Crippen molar-refractivity contribution in [1.82, 2.24) is 0 Å². The lowest BCUT2D eigenvalue weighted by Crippen LogP contribution is -2.51. The number of Topliss-reactive ketones (excluding diaryl/α,β-unsaturated/α-hetero) is 1. The second-order valence-corrected chi connectivity index (χ2v) is 6.04. The smallest absolute Gasteiger partial charge is 0.247 e. The summed E-state index contributed by atoms with van der Waals surface area (Å²) in [6, 6.07) is 5.13. The average Bonchev–Trinajstić information content (AvgIpc) is 2.52. The zero-order valence-electron chi connectivity index (χ0n) is 13.6. The molecule has 2 rings (SSSR count). The number of rotatable bonds is 5. The van der Waals surface area contributed by atoms with Gasteiger partial charge >= 0.3 is 0 Å². The fourth-order valence-electron chi connectivity index (χ4n) is 2.92. The van der Waals surface area contributed by atoms with Crippen LogP contribution in [0.3, 0.4) is 0 Å². The molecule has 0 spiro atoms. The van der Waals surface area contributed by atoms with Gasteiger partial charge in [0.25, 0.3) is 0 Å². The number of hydrogen-bond donors (Lipinski definition) is 0. The van der Waals surface area contributed by atoms with E-state index in [0.717, 1.165) is 12.8 Å². The second kappa shape index (κ2) is 7.13. The van der Waals surface area contributed by atoms with Crippen LogP contribution in [0, 0.1) is 0 Å². The lowest BCUT2D eigenvalue weighted by molar-refractivity contribution is -0.122. The van der Waals surface area contributed by atoms with E-state index in [1.165, 1.54) is 11.8 Å². The molecule has 0 saturated heterocycles. The first kappa shape index (κ1) is 17.5. The number of alkyl halides is 1. The van der Waals surface area contributed by atoms with Gasteiger partial charge in [0.15, 0.2) is 5.78 Å². The highest BCUT2D eigenvalue weighted by molar-refractivity contribution is 6.30. The summed E-state index contributed by atoms with van der Waals surface area (Å²) in [4.78, 5) is 39.4. The van der Waals surface area contributed by atoms with Crippen molar-refractivity contribution < 1.29 is 14.4 Å². The van der Waals surface area contributed by atoms with Gasteiger partial charge in [-0.15, -0.1) is 11.6 Å². The fraction of sp³-hybridized carbons (Fsp3) is 0.471. The van der Waals surface area contributed by atoms with E-state index in [9.17, 15) is 14.4 Å². The summed E-state index contributed by atoms with van der Waals surface area (Å²) in [6.07, 6.45) is 1.82. The molecule has 6 heteroatoms. The van der Waals surface area contributed by atoms with Gasteiger partial charge in [0, 0.05) is 11.6 Å². The Morgan fingerprint density at radius 2 is 2.00 bits per heavy atom. The Labute approximate surface area is 141 Å². The molecule has 1 atom stereocenters. The summed E-state index contributed by atoms with van der Waals surface area (Å²) in [6.45, 7) is 5.48. The number of benzene rings is 1. The quantitative estimate of drug-likeness (QED) is 0.613. The van der Waals surface area contributed by atoms with Gasteiger partial charge in [-0.2, -0.15) is 0 Å². The highest BCUT2D eigenvalue weighted by Crippen LogP contribution is 2.36. The van der Waals surface area contributed by atoms with Crippen molar-refractivity contribution >= 4 is 40.6 Å². The molecular formula is C17H21ClN2O3. The molecular weight excluding hydrogens is 316 g/mol. The molecule has 2 amide bonds. The third-order valence-electron chi connectivity index (χ3n) is 4.06. The number of anilines is 2. The zero-order valence-corrected chi connectivity index (χ0v) is 14.4. The fourth-order valence-corrected chi connectivity index (χ4v) is 3.06. The Bertz CT molecular complexity index is 645. The van der Waals surface area contributed by atoms with E-state index in [1.54, 1.807) is 23.1 Å². The molecule has 0 saturated carbocycles. The van der Waals surface area contributed by atoms with Crippen LogP contribution in [0.25, 0.3) is 0 Å². The van der Waals surface area contributed by atoms with E-state index in [0.29, 0.717) is 16.9 Å². The van der Waals surface area contributed by atoms with Gasteiger partial charge in [0.2, 0.25) is 11.8 Å². The standard InChI is InChI=1S/C17H21ClN2O3/c1-4-5-11(2)20-14-7-6-13(12(3)21)8-15(14)19(10-17(20)23)16(22)9-18/h6-8,11H,4-5,9-10H2,1-3H3. The predicted octanol–water partition coefficient (Wildman–Crippen LogP) is 3.00. The number of nitrogens with zero attached hydrogens (tertiary/aromatic N) is 2. The number of amides is 2. The van der Waals surface area contributed by atoms with Crippen LogP contribution in [-0.2, 0) is 9.59 Å². The minimum atomic E-state index is -0.343. The number of hydrogen-bond acceptors (Lipinski definition) is 3. The molecule has 1 aromatic rings. The predicted molar refractivity (Wildman–Crippen MR) is 91.4 cm³/mol. The number of fused-ring (bicyclic) bond motifs is 1. The molecule has 0 bridgehead atoms. The molecule has 1 aromatic carbocycles. The maximum Gasteiger partial charge on any atom is 0.247 e. The van der Waals surface area contributed by atoms with Crippen LogP contribution >= 0.6 is 11.6 Å². The number of ketones is 1. The summed E-state index contributed by atoms with van der Waals surface area (Å²) >= 11 is 5.67. The minimum Gasteiger partial charge on any atom is -0.306 e. The van der Waals surface area contributed by atoms with Gasteiger partial charge in [0.1, 0.15) is 12.4 Å². The van der Waals surface area contributed by atoms with Crippen LogP contribution in [-0.4, -0.2) is 36.1 Å². The Morgan fingerprint density at radius 3 is 2.57 bits per heavy atom. The maximum absolute atomic E-state index is 12.5. The van der Waals surface area contributed by atoms with Crippen molar-refractivity contribution in [2.45, 2.75) is 39.7 Å². The number of carbonyl (C=O) groups is 3. The van der Waals surface area contributed by atoms with Crippen molar-refractivity contribution in [2.24, 2.45) is 0 Å². The molecule has 5 nitrogen and oxygen atoms in total. The van der Waals surface area contributed by atoms with E-state index in [4.69, 9.17) is 11.6 Å². The summed E-state index contributed by atoms with van der Waals surface area (Å²) in [5.41, 5.74) is 1.74. The third kappa shape index (κ3) is 3.39. The van der Waals surface area contributed by atoms with Gasteiger partial charge in [-0.1, -0.05) is 13.3 Å². The average molecular weight is 337 g/mol. The summed E-state index contributed by atoms with van der Waals surface area (Å²) in [5, 5.41) is 0. The molecule has 1 unspecified atom stereocenters. The van der Waals surface area contributed by atoms with E-state index in [-0.39, 0.29) is 36.1 Å². The number of halogens is 1. The minimum absolute atomic E-state index is 0.0303. The summed E-state index contributed by atoms with van der Waals surface area (Å²) in [5.74, 6) is -0.768. The zero-order chi connectivity index (χ0) is 17.1. The van der Waals surface area contributed by atoms with Crippen molar-refractivity contribution in [3.63, 3.8) is 0 Å². The Kier molecular flexibility index (Phi) is 5.42. The monoisotopic (exact) mass is 336 g/mol. The van der Waals surface area contributed by atoms with Crippen LogP contribution in [0.4, 0.5) is 11.4 Å². The van der Waals surface area contributed by atoms with E-state index < -0.39 is 0 Å². The maximum atomic E-state index is 12.5.